The minimum Gasteiger partial charge on any atom is -0.477 e. The zero-order valence-electron chi connectivity index (χ0n) is 12.7. The van der Waals surface area contributed by atoms with Crippen LogP contribution in [-0.2, 0) is 0 Å². The van der Waals surface area contributed by atoms with Gasteiger partial charge in [-0.3, -0.25) is 10.2 Å². The van der Waals surface area contributed by atoms with E-state index in [1.807, 2.05) is 0 Å². The van der Waals surface area contributed by atoms with E-state index in [0.717, 1.165) is 25.2 Å². The van der Waals surface area contributed by atoms with Crippen LogP contribution in [0.15, 0.2) is 36.5 Å². The molecule has 24 heavy (non-hydrogen) atoms. The molecule has 2 N–H and O–H groups in total. The highest BCUT2D eigenvalue weighted by molar-refractivity contribution is 6.04. The predicted molar refractivity (Wildman–Crippen MR) is 87.5 cm³/mol. The van der Waals surface area contributed by atoms with Crippen molar-refractivity contribution < 1.29 is 14.7 Å². The third-order valence-electron chi connectivity index (χ3n) is 4.29. The Hall–Kier alpha value is -3.16. The van der Waals surface area contributed by atoms with Crippen molar-refractivity contribution in [2.45, 2.75) is 12.5 Å². The molecule has 4 rings (SSSR count). The molecule has 8 nitrogen and oxygen atoms in total. The molecule has 2 aliphatic heterocycles. The highest BCUT2D eigenvalue weighted by atomic mass is 16.4. The maximum absolute atomic E-state index is 12.8. The van der Waals surface area contributed by atoms with E-state index >= 15 is 0 Å². The van der Waals surface area contributed by atoms with Gasteiger partial charge in [0.1, 0.15) is 5.82 Å². The van der Waals surface area contributed by atoms with E-state index in [1.165, 1.54) is 6.07 Å². The summed E-state index contributed by atoms with van der Waals surface area (Å²) in [6.07, 6.45) is 2.41. The van der Waals surface area contributed by atoms with Crippen LogP contribution in [0.4, 0.5) is 22.1 Å². The lowest BCUT2D eigenvalue weighted by atomic mass is 10.2. The number of carbonyl (C=O) groups is 2. The highest BCUT2D eigenvalue weighted by Gasteiger charge is 2.40. The van der Waals surface area contributed by atoms with Crippen LogP contribution in [0.25, 0.3) is 0 Å². The largest absolute Gasteiger partial charge is 0.477 e. The Morgan fingerprint density at radius 2 is 2.12 bits per heavy atom. The van der Waals surface area contributed by atoms with E-state index in [-0.39, 0.29) is 17.8 Å². The Morgan fingerprint density at radius 3 is 2.88 bits per heavy atom. The van der Waals surface area contributed by atoms with E-state index in [4.69, 9.17) is 0 Å². The summed E-state index contributed by atoms with van der Waals surface area (Å²) in [5.74, 6) is -0.285. The minimum absolute atomic E-state index is 0.0299. The molecular weight excluding hydrogens is 310 g/mol. The van der Waals surface area contributed by atoms with Crippen molar-refractivity contribution in [2.24, 2.45) is 0 Å². The van der Waals surface area contributed by atoms with E-state index in [9.17, 15) is 14.7 Å². The number of aromatic nitrogens is 2. The van der Waals surface area contributed by atoms with Crippen LogP contribution < -0.4 is 15.1 Å². The van der Waals surface area contributed by atoms with Gasteiger partial charge in [-0.1, -0.05) is 6.07 Å². The van der Waals surface area contributed by atoms with Gasteiger partial charge in [-0.2, -0.15) is 0 Å². The number of anilines is 3. The van der Waals surface area contributed by atoms with Crippen LogP contribution in [-0.4, -0.2) is 46.2 Å². The summed E-state index contributed by atoms with van der Waals surface area (Å²) in [7, 11) is 0. The molecule has 2 amide bonds. The molecule has 1 atom stereocenters. The average molecular weight is 325 g/mol. The third-order valence-corrected chi connectivity index (χ3v) is 4.29. The van der Waals surface area contributed by atoms with Crippen LogP contribution in [0, 0.1) is 0 Å². The lowest BCUT2D eigenvalue weighted by molar-refractivity contribution is 0.0690. The molecular formula is C16H15N5O3. The summed E-state index contributed by atoms with van der Waals surface area (Å²) < 4.78 is 0. The van der Waals surface area contributed by atoms with E-state index < -0.39 is 5.97 Å². The summed E-state index contributed by atoms with van der Waals surface area (Å²) >= 11 is 0. The van der Waals surface area contributed by atoms with E-state index in [0.29, 0.717) is 11.6 Å². The molecule has 1 saturated heterocycles. The summed E-state index contributed by atoms with van der Waals surface area (Å²) in [6, 6.07) is 8.05. The zero-order chi connectivity index (χ0) is 16.7. The average Bonchev–Trinajstić information content (AvgIpc) is 3.00. The van der Waals surface area contributed by atoms with Gasteiger partial charge in [-0.25, -0.2) is 19.6 Å². The number of pyridine rings is 2. The van der Waals surface area contributed by atoms with Gasteiger partial charge in [0.25, 0.3) is 0 Å². The monoisotopic (exact) mass is 325 g/mol. The number of aromatic carboxylic acids is 1. The van der Waals surface area contributed by atoms with Gasteiger partial charge in [0.2, 0.25) is 0 Å². The molecule has 1 unspecified atom stereocenters. The second kappa shape index (κ2) is 5.48. The van der Waals surface area contributed by atoms with Gasteiger partial charge >= 0.3 is 12.0 Å². The number of carboxylic acids is 1. The topological polar surface area (TPSA) is 98.7 Å². The zero-order valence-corrected chi connectivity index (χ0v) is 12.7. The number of carbonyl (C=O) groups excluding carboxylic acids is 1. The maximum atomic E-state index is 12.8. The number of nitrogens with zero attached hydrogens (tertiary/aromatic N) is 4. The number of amides is 2. The van der Waals surface area contributed by atoms with Gasteiger partial charge in [-0.05, 0) is 30.7 Å². The number of rotatable bonds is 2. The molecule has 8 heteroatoms. The van der Waals surface area contributed by atoms with Crippen molar-refractivity contribution >= 4 is 29.3 Å². The van der Waals surface area contributed by atoms with Crippen molar-refractivity contribution in [2.75, 3.05) is 28.2 Å². The molecule has 0 aromatic carbocycles. The van der Waals surface area contributed by atoms with Crippen molar-refractivity contribution in [1.82, 2.24) is 9.97 Å². The molecule has 1 fully saturated rings. The fourth-order valence-corrected chi connectivity index (χ4v) is 3.20. The first-order chi connectivity index (χ1) is 11.6. The number of nitrogens with one attached hydrogen (secondary N) is 1. The molecule has 0 spiro atoms. The van der Waals surface area contributed by atoms with Crippen molar-refractivity contribution in [3.05, 3.63) is 42.2 Å². The van der Waals surface area contributed by atoms with Crippen LogP contribution in [0.2, 0.25) is 0 Å². The quantitative estimate of drug-likeness (QED) is 0.873. The standard InChI is InChI=1S/C16H15N5O3/c22-15(23)11-4-5-12-14(18-11)21(10-6-8-20(12)9-10)16(24)19-13-3-1-2-7-17-13/h1-5,7,10H,6,8-9H2,(H,22,23)(H,17,19,24). The van der Waals surface area contributed by atoms with Crippen molar-refractivity contribution in [3.8, 4) is 0 Å². The Bertz CT molecular complexity index is 811. The van der Waals surface area contributed by atoms with Crippen LogP contribution in [0.3, 0.4) is 0 Å². The molecule has 2 aromatic heterocycles. The van der Waals surface area contributed by atoms with Crippen LogP contribution in [0.1, 0.15) is 16.9 Å². The maximum Gasteiger partial charge on any atom is 0.354 e. The summed E-state index contributed by atoms with van der Waals surface area (Å²) in [4.78, 5) is 36.0. The molecule has 122 valence electrons. The molecule has 2 bridgehead atoms. The second-order valence-electron chi connectivity index (χ2n) is 5.75. The number of hydrogen-bond acceptors (Lipinski definition) is 5. The number of urea groups is 1. The molecule has 4 heterocycles. The Kier molecular flexibility index (Phi) is 3.30. The molecule has 2 aromatic rings. The lowest BCUT2D eigenvalue weighted by Gasteiger charge is -2.35. The van der Waals surface area contributed by atoms with Gasteiger partial charge in [-0.15, -0.1) is 0 Å². The van der Waals surface area contributed by atoms with Gasteiger partial charge in [0.15, 0.2) is 11.5 Å². The number of hydrogen-bond donors (Lipinski definition) is 2. The Labute approximate surface area is 137 Å². The molecule has 2 aliphatic rings. The Morgan fingerprint density at radius 1 is 1.25 bits per heavy atom. The SMILES string of the molecule is O=C(O)c1ccc2c(n1)N(C(=O)Nc1ccccn1)C1CCN2C1. The van der Waals surface area contributed by atoms with E-state index in [2.05, 4.69) is 20.2 Å². The summed E-state index contributed by atoms with van der Waals surface area (Å²) in [5.41, 5.74) is 0.705. The van der Waals surface area contributed by atoms with Gasteiger partial charge in [0, 0.05) is 19.3 Å². The van der Waals surface area contributed by atoms with Gasteiger partial charge < -0.3 is 10.0 Å². The highest BCUT2D eigenvalue weighted by Crippen LogP contribution is 2.39. The number of fused-ring (bicyclic) bond motifs is 4. The first-order valence-corrected chi connectivity index (χ1v) is 7.64. The predicted octanol–water partition coefficient (Wildman–Crippen LogP) is 1.81. The first-order valence-electron chi connectivity index (χ1n) is 7.64. The van der Waals surface area contributed by atoms with E-state index in [1.54, 1.807) is 35.4 Å². The fraction of sp³-hybridized carbons (Fsp3) is 0.250. The molecule has 0 aliphatic carbocycles. The third kappa shape index (κ3) is 2.32. The normalized spacial score (nSPS) is 18.2. The molecule has 0 radical (unpaired) electrons. The molecule has 0 saturated carbocycles. The van der Waals surface area contributed by atoms with Crippen LogP contribution in [0.5, 0.6) is 0 Å². The van der Waals surface area contributed by atoms with Gasteiger partial charge in [0.05, 0.1) is 11.7 Å². The second-order valence-corrected chi connectivity index (χ2v) is 5.75. The smallest absolute Gasteiger partial charge is 0.354 e. The summed E-state index contributed by atoms with van der Waals surface area (Å²) in [6.45, 7) is 1.54. The lowest BCUT2D eigenvalue weighted by Crippen LogP contribution is -2.48. The summed E-state index contributed by atoms with van der Waals surface area (Å²) in [5, 5.41) is 11.9. The Balaban J connectivity index is 1.72. The number of carboxylic acid groups (broad SMARTS) is 1. The first kappa shape index (κ1) is 14.4. The van der Waals surface area contributed by atoms with Crippen molar-refractivity contribution in [3.63, 3.8) is 0 Å². The van der Waals surface area contributed by atoms with Crippen molar-refractivity contribution in [1.29, 1.82) is 0 Å². The van der Waals surface area contributed by atoms with Crippen LogP contribution >= 0.6 is 0 Å². The minimum atomic E-state index is -1.11. The fourth-order valence-electron chi connectivity index (χ4n) is 3.20.